The minimum Gasteiger partial charge on any atom is -0.335 e. The third kappa shape index (κ3) is 3.38. The van der Waals surface area contributed by atoms with Crippen LogP contribution in [0.2, 0.25) is 0 Å². The van der Waals surface area contributed by atoms with Crippen molar-refractivity contribution < 1.29 is 4.79 Å². The van der Waals surface area contributed by atoms with Crippen molar-refractivity contribution in [2.45, 2.75) is 45.6 Å². The molecule has 6 heteroatoms. The summed E-state index contributed by atoms with van der Waals surface area (Å²) < 4.78 is 0. The van der Waals surface area contributed by atoms with Crippen molar-refractivity contribution in [3.05, 3.63) is 55.1 Å². The number of aromatic nitrogens is 1. The highest BCUT2D eigenvalue weighted by Gasteiger charge is 2.30. The normalized spacial score (nSPS) is 16.8. The van der Waals surface area contributed by atoms with Crippen LogP contribution in [-0.4, -0.2) is 22.3 Å². The summed E-state index contributed by atoms with van der Waals surface area (Å²) in [7, 11) is 0. The molecular weight excluding hydrogens is 334 g/mol. The summed E-state index contributed by atoms with van der Waals surface area (Å²) in [5, 5.41) is 11.2. The minimum atomic E-state index is -0.357. The molecule has 1 fully saturated rings. The number of hydrogen-bond acceptors (Lipinski definition) is 4. The maximum atomic E-state index is 12.8. The van der Waals surface area contributed by atoms with Crippen LogP contribution < -0.4 is 5.56 Å². The Kier molecular flexibility index (Phi) is 5.05. The fourth-order valence-corrected chi connectivity index (χ4v) is 4.51. The van der Waals surface area contributed by atoms with Gasteiger partial charge in [0.05, 0.1) is 6.04 Å². The number of nitrogens with zero attached hydrogens (tertiary/aromatic N) is 2. The van der Waals surface area contributed by atoms with Crippen LogP contribution in [0.5, 0.6) is 0 Å². The molecule has 0 saturated carbocycles. The van der Waals surface area contributed by atoms with Crippen LogP contribution in [0.15, 0.2) is 22.3 Å². The van der Waals surface area contributed by atoms with Gasteiger partial charge in [0.25, 0.3) is 5.56 Å². The first-order valence-electron chi connectivity index (χ1n) is 8.48. The number of likely N-dealkylation sites (tertiary alicyclic amines) is 1. The van der Waals surface area contributed by atoms with Crippen molar-refractivity contribution in [3.8, 4) is 6.07 Å². The second kappa shape index (κ2) is 7.24. The second-order valence-electron chi connectivity index (χ2n) is 6.43. The van der Waals surface area contributed by atoms with Gasteiger partial charge in [-0.05, 0) is 55.7 Å². The molecule has 1 N–H and O–H groups in total. The number of nitriles is 1. The number of carbonyl (C=O) groups is 1. The fraction of sp³-hybridized carbons (Fsp3) is 0.421. The Bertz CT molecular complexity index is 877. The van der Waals surface area contributed by atoms with Crippen LogP contribution in [0.25, 0.3) is 0 Å². The van der Waals surface area contributed by atoms with E-state index in [1.54, 1.807) is 18.3 Å². The van der Waals surface area contributed by atoms with Crippen molar-refractivity contribution in [1.82, 2.24) is 9.88 Å². The molecule has 5 nitrogen and oxygen atoms in total. The molecule has 1 unspecified atom stereocenters. The second-order valence-corrected chi connectivity index (χ2v) is 7.41. The molecule has 1 atom stereocenters. The number of aryl methyl sites for hydroxylation is 1. The number of pyridine rings is 1. The molecule has 2 aromatic heterocycles. The molecule has 2 aromatic rings. The molecule has 1 amide bonds. The smallest absolute Gasteiger partial charge is 0.266 e. The average molecular weight is 355 g/mol. The first kappa shape index (κ1) is 17.4. The monoisotopic (exact) mass is 355 g/mol. The predicted molar refractivity (Wildman–Crippen MR) is 97.6 cm³/mol. The van der Waals surface area contributed by atoms with Gasteiger partial charge in [-0.2, -0.15) is 5.26 Å². The topological polar surface area (TPSA) is 77.0 Å². The zero-order chi connectivity index (χ0) is 18.0. The summed E-state index contributed by atoms with van der Waals surface area (Å²) in [5.41, 5.74) is 2.12. The Morgan fingerprint density at radius 1 is 1.48 bits per heavy atom. The Morgan fingerprint density at radius 3 is 2.96 bits per heavy atom. The third-order valence-electron chi connectivity index (χ3n) is 4.95. The summed E-state index contributed by atoms with van der Waals surface area (Å²) in [6, 6.07) is 6.28. The minimum absolute atomic E-state index is 0.138. The van der Waals surface area contributed by atoms with E-state index in [2.05, 4.69) is 11.1 Å². The van der Waals surface area contributed by atoms with E-state index in [1.807, 2.05) is 29.3 Å². The van der Waals surface area contributed by atoms with E-state index in [-0.39, 0.29) is 23.1 Å². The highest BCUT2D eigenvalue weighted by molar-refractivity contribution is 7.10. The van der Waals surface area contributed by atoms with E-state index in [1.165, 1.54) is 4.88 Å². The standard InChI is InChI=1S/C19H21N3O2S/c1-12-14(13(2)21-19(24)15(12)11-20)7-8-18(23)22-9-3-5-16(22)17-6-4-10-25-17/h4,6,10,16H,3,5,7-9H2,1-2H3,(H,21,24). The Labute approximate surface area is 150 Å². The number of rotatable bonds is 4. The molecule has 1 saturated heterocycles. The number of aromatic amines is 1. The lowest BCUT2D eigenvalue weighted by atomic mass is 9.99. The molecular formula is C19H21N3O2S. The summed E-state index contributed by atoms with van der Waals surface area (Å²) in [4.78, 5) is 30.5. The van der Waals surface area contributed by atoms with Gasteiger partial charge in [0.1, 0.15) is 11.6 Å². The van der Waals surface area contributed by atoms with Gasteiger partial charge in [-0.1, -0.05) is 6.07 Å². The number of thiophene rings is 1. The van der Waals surface area contributed by atoms with E-state index in [4.69, 9.17) is 5.26 Å². The largest absolute Gasteiger partial charge is 0.335 e. The summed E-state index contributed by atoms with van der Waals surface area (Å²) in [6.07, 6.45) is 2.97. The quantitative estimate of drug-likeness (QED) is 0.915. The van der Waals surface area contributed by atoms with Crippen LogP contribution in [0.1, 0.15) is 52.6 Å². The predicted octanol–water partition coefficient (Wildman–Crippen LogP) is 3.22. The Hall–Kier alpha value is -2.39. The summed E-state index contributed by atoms with van der Waals surface area (Å²) >= 11 is 1.70. The first-order chi connectivity index (χ1) is 12.0. The molecule has 0 aromatic carbocycles. The van der Waals surface area contributed by atoms with Gasteiger partial charge >= 0.3 is 0 Å². The van der Waals surface area contributed by atoms with Gasteiger partial charge in [-0.3, -0.25) is 9.59 Å². The fourth-order valence-electron chi connectivity index (χ4n) is 3.64. The maximum Gasteiger partial charge on any atom is 0.266 e. The van der Waals surface area contributed by atoms with Gasteiger partial charge < -0.3 is 9.88 Å². The maximum absolute atomic E-state index is 12.8. The molecule has 1 aliphatic heterocycles. The lowest BCUT2D eigenvalue weighted by Gasteiger charge is -2.24. The molecule has 0 aliphatic carbocycles. The van der Waals surface area contributed by atoms with Crippen molar-refractivity contribution >= 4 is 17.2 Å². The van der Waals surface area contributed by atoms with Crippen LogP contribution in [0.4, 0.5) is 0 Å². The van der Waals surface area contributed by atoms with Crippen LogP contribution in [-0.2, 0) is 11.2 Å². The van der Waals surface area contributed by atoms with E-state index >= 15 is 0 Å². The number of hydrogen-bond donors (Lipinski definition) is 1. The SMILES string of the molecule is Cc1[nH]c(=O)c(C#N)c(C)c1CCC(=O)N1CCCC1c1cccs1. The van der Waals surface area contributed by atoms with Gasteiger partial charge in [-0.25, -0.2) is 0 Å². The van der Waals surface area contributed by atoms with Crippen molar-refractivity contribution in [3.63, 3.8) is 0 Å². The zero-order valence-electron chi connectivity index (χ0n) is 14.5. The van der Waals surface area contributed by atoms with Crippen molar-refractivity contribution in [1.29, 1.82) is 5.26 Å². The lowest BCUT2D eigenvalue weighted by Crippen LogP contribution is -2.30. The number of carbonyl (C=O) groups excluding carboxylic acids is 1. The molecule has 130 valence electrons. The highest BCUT2D eigenvalue weighted by Crippen LogP contribution is 2.35. The van der Waals surface area contributed by atoms with Crippen LogP contribution in [0, 0.1) is 25.2 Å². The molecule has 3 rings (SSSR count). The van der Waals surface area contributed by atoms with E-state index in [0.29, 0.717) is 18.4 Å². The van der Waals surface area contributed by atoms with E-state index < -0.39 is 0 Å². The van der Waals surface area contributed by atoms with Crippen LogP contribution in [0.3, 0.4) is 0 Å². The molecule has 1 aliphatic rings. The van der Waals surface area contributed by atoms with Crippen LogP contribution >= 0.6 is 11.3 Å². The molecule has 3 heterocycles. The van der Waals surface area contributed by atoms with E-state index in [0.717, 1.165) is 30.6 Å². The average Bonchev–Trinajstić information content (AvgIpc) is 3.25. The third-order valence-corrected chi connectivity index (χ3v) is 5.93. The van der Waals surface area contributed by atoms with Gasteiger partial charge in [0, 0.05) is 23.5 Å². The van der Waals surface area contributed by atoms with E-state index in [9.17, 15) is 9.59 Å². The van der Waals surface area contributed by atoms with Gasteiger partial charge in [0.2, 0.25) is 5.91 Å². The van der Waals surface area contributed by atoms with Crippen molar-refractivity contribution in [2.75, 3.05) is 6.54 Å². The van der Waals surface area contributed by atoms with Gasteiger partial charge in [0.15, 0.2) is 0 Å². The number of amides is 1. The number of nitrogens with one attached hydrogen (secondary N) is 1. The summed E-state index contributed by atoms with van der Waals surface area (Å²) in [5.74, 6) is 0.138. The number of H-pyrrole nitrogens is 1. The first-order valence-corrected chi connectivity index (χ1v) is 9.36. The highest BCUT2D eigenvalue weighted by atomic mass is 32.1. The van der Waals surface area contributed by atoms with Gasteiger partial charge in [-0.15, -0.1) is 11.3 Å². The van der Waals surface area contributed by atoms with Crippen molar-refractivity contribution in [2.24, 2.45) is 0 Å². The molecule has 0 spiro atoms. The Balaban J connectivity index is 1.75. The molecule has 25 heavy (non-hydrogen) atoms. The summed E-state index contributed by atoms with van der Waals surface area (Å²) in [6.45, 7) is 4.40. The molecule has 0 radical (unpaired) electrons. The zero-order valence-corrected chi connectivity index (χ0v) is 15.3. The Morgan fingerprint density at radius 2 is 2.28 bits per heavy atom. The lowest BCUT2D eigenvalue weighted by molar-refractivity contribution is -0.132. The molecule has 0 bridgehead atoms.